The SMILES string of the molecule is C=C/C=C(\C)[C@@H]1C(C(=O)Oc2cccc(-c3ccccc3)c2)[C@H](C(=C)/C=C\C)[C@H]1C(=O)O. The van der Waals surface area contributed by atoms with Crippen LogP contribution in [0.5, 0.6) is 5.75 Å². The van der Waals surface area contributed by atoms with E-state index < -0.39 is 35.6 Å². The summed E-state index contributed by atoms with van der Waals surface area (Å²) in [5.74, 6) is -3.38. The Balaban J connectivity index is 1.92. The molecular weight excluding hydrogens is 400 g/mol. The average Bonchev–Trinajstić information content (AvgIpc) is 2.74. The molecule has 1 unspecified atom stereocenters. The summed E-state index contributed by atoms with van der Waals surface area (Å²) in [7, 11) is 0. The molecular formula is C28H28O4. The van der Waals surface area contributed by atoms with Crippen LogP contribution in [0.25, 0.3) is 11.1 Å². The summed E-state index contributed by atoms with van der Waals surface area (Å²) in [6.07, 6.45) is 6.92. The highest BCUT2D eigenvalue weighted by Gasteiger charge is 2.59. The van der Waals surface area contributed by atoms with Crippen LogP contribution in [0.2, 0.25) is 0 Å². The Morgan fingerprint density at radius 2 is 1.66 bits per heavy atom. The molecule has 0 saturated heterocycles. The van der Waals surface area contributed by atoms with Crippen LogP contribution in [0, 0.1) is 23.7 Å². The van der Waals surface area contributed by atoms with Gasteiger partial charge < -0.3 is 9.84 Å². The zero-order valence-electron chi connectivity index (χ0n) is 18.4. The van der Waals surface area contributed by atoms with Gasteiger partial charge in [-0.05, 0) is 37.1 Å². The lowest BCUT2D eigenvalue weighted by Crippen LogP contribution is -2.56. The summed E-state index contributed by atoms with van der Waals surface area (Å²) in [6.45, 7) is 11.4. The van der Waals surface area contributed by atoms with E-state index in [1.165, 1.54) is 0 Å². The average molecular weight is 429 g/mol. The lowest BCUT2D eigenvalue weighted by atomic mass is 9.52. The molecule has 4 nitrogen and oxygen atoms in total. The van der Waals surface area contributed by atoms with E-state index in [4.69, 9.17) is 4.74 Å². The van der Waals surface area contributed by atoms with Gasteiger partial charge in [0.25, 0.3) is 0 Å². The molecule has 1 fully saturated rings. The molecule has 0 radical (unpaired) electrons. The Labute approximate surface area is 189 Å². The van der Waals surface area contributed by atoms with Crippen LogP contribution in [-0.4, -0.2) is 17.0 Å². The predicted octanol–water partition coefficient (Wildman–Crippen LogP) is 6.09. The van der Waals surface area contributed by atoms with Crippen LogP contribution in [0.1, 0.15) is 13.8 Å². The van der Waals surface area contributed by atoms with E-state index in [-0.39, 0.29) is 0 Å². The Morgan fingerprint density at radius 3 is 2.28 bits per heavy atom. The molecule has 4 atom stereocenters. The smallest absolute Gasteiger partial charge is 0.315 e. The second kappa shape index (κ2) is 10.1. The molecule has 0 heterocycles. The summed E-state index contributed by atoms with van der Waals surface area (Å²) >= 11 is 0. The van der Waals surface area contributed by atoms with Gasteiger partial charge in [0.05, 0.1) is 11.8 Å². The second-order valence-electron chi connectivity index (χ2n) is 7.98. The fourth-order valence-electron chi connectivity index (χ4n) is 4.55. The van der Waals surface area contributed by atoms with Gasteiger partial charge in [0, 0.05) is 11.8 Å². The van der Waals surface area contributed by atoms with Crippen molar-refractivity contribution in [1.82, 2.24) is 0 Å². The number of hydrogen-bond acceptors (Lipinski definition) is 3. The number of carbonyl (C=O) groups is 2. The van der Waals surface area contributed by atoms with Crippen molar-refractivity contribution < 1.29 is 19.4 Å². The number of esters is 1. The summed E-state index contributed by atoms with van der Waals surface area (Å²) in [4.78, 5) is 25.4. The Kier molecular flexibility index (Phi) is 7.26. The van der Waals surface area contributed by atoms with Crippen LogP contribution in [0.3, 0.4) is 0 Å². The molecule has 0 aliphatic heterocycles. The molecule has 1 aliphatic carbocycles. The molecule has 164 valence electrons. The predicted molar refractivity (Wildman–Crippen MR) is 127 cm³/mol. The van der Waals surface area contributed by atoms with Gasteiger partial charge in [-0.2, -0.15) is 0 Å². The van der Waals surface area contributed by atoms with Crippen molar-refractivity contribution in [2.45, 2.75) is 13.8 Å². The highest BCUT2D eigenvalue weighted by atomic mass is 16.5. The summed E-state index contributed by atoms with van der Waals surface area (Å²) in [5.41, 5.74) is 3.35. The Hall–Kier alpha value is -3.66. The number of carbonyl (C=O) groups excluding carboxylic acids is 1. The topological polar surface area (TPSA) is 63.6 Å². The maximum absolute atomic E-state index is 13.3. The molecule has 1 saturated carbocycles. The number of aliphatic carboxylic acids is 1. The molecule has 0 aromatic heterocycles. The lowest BCUT2D eigenvalue weighted by molar-refractivity contribution is -0.164. The molecule has 4 heteroatoms. The molecule has 1 N–H and O–H groups in total. The number of benzene rings is 2. The van der Waals surface area contributed by atoms with Crippen LogP contribution in [0.4, 0.5) is 0 Å². The number of carboxylic acids is 1. The molecule has 2 aromatic carbocycles. The van der Waals surface area contributed by atoms with E-state index >= 15 is 0 Å². The molecule has 0 bridgehead atoms. The quantitative estimate of drug-likeness (QED) is 0.314. The van der Waals surface area contributed by atoms with Crippen LogP contribution in [0.15, 0.2) is 103 Å². The minimum absolute atomic E-state index is 0.426. The van der Waals surface area contributed by atoms with Gasteiger partial charge in [-0.15, -0.1) is 0 Å². The van der Waals surface area contributed by atoms with Crippen LogP contribution < -0.4 is 4.74 Å². The van der Waals surface area contributed by atoms with Gasteiger partial charge in [0.15, 0.2) is 0 Å². The normalized spacial score (nSPS) is 22.8. The number of hydrogen-bond donors (Lipinski definition) is 1. The van der Waals surface area contributed by atoms with Crippen molar-refractivity contribution in [2.24, 2.45) is 23.7 Å². The van der Waals surface area contributed by atoms with E-state index in [1.54, 1.807) is 30.4 Å². The maximum Gasteiger partial charge on any atom is 0.315 e. The number of carboxylic acid groups (broad SMARTS) is 1. The van der Waals surface area contributed by atoms with Crippen molar-refractivity contribution in [3.63, 3.8) is 0 Å². The van der Waals surface area contributed by atoms with E-state index in [0.29, 0.717) is 11.3 Å². The Bertz CT molecular complexity index is 1080. The van der Waals surface area contributed by atoms with E-state index in [1.807, 2.05) is 62.4 Å². The molecule has 2 aromatic rings. The number of allylic oxidation sites excluding steroid dienone is 6. The van der Waals surface area contributed by atoms with E-state index in [0.717, 1.165) is 16.7 Å². The van der Waals surface area contributed by atoms with Crippen molar-refractivity contribution in [2.75, 3.05) is 0 Å². The van der Waals surface area contributed by atoms with Crippen molar-refractivity contribution in [3.8, 4) is 16.9 Å². The lowest BCUT2D eigenvalue weighted by Gasteiger charge is -2.49. The first-order valence-corrected chi connectivity index (χ1v) is 10.6. The van der Waals surface area contributed by atoms with Gasteiger partial charge in [0.2, 0.25) is 0 Å². The first-order valence-electron chi connectivity index (χ1n) is 10.6. The standard InChI is InChI=1S/C28H28O4/c1-5-11-18(3)23-25(27(29)30)24(19(4)12-6-2)26(23)28(31)32-22-16-10-15-21(17-22)20-13-8-7-9-14-20/h5-17,23-26H,1,4H2,2-3H3,(H,29,30)/b12-6-,18-11+/t23-,24+,25-,26?/m0/s1. The monoisotopic (exact) mass is 428 g/mol. The minimum atomic E-state index is -0.947. The largest absolute Gasteiger partial charge is 0.481 e. The van der Waals surface area contributed by atoms with Gasteiger partial charge in [-0.3, -0.25) is 9.59 Å². The number of rotatable bonds is 8. The zero-order chi connectivity index (χ0) is 23.3. The van der Waals surface area contributed by atoms with E-state index in [9.17, 15) is 14.7 Å². The molecule has 3 rings (SSSR count). The maximum atomic E-state index is 13.3. The minimum Gasteiger partial charge on any atom is -0.481 e. The van der Waals surface area contributed by atoms with Gasteiger partial charge in [-0.1, -0.05) is 91.1 Å². The second-order valence-corrected chi connectivity index (χ2v) is 7.98. The first kappa shape index (κ1) is 23.0. The van der Waals surface area contributed by atoms with Crippen molar-refractivity contribution >= 4 is 11.9 Å². The van der Waals surface area contributed by atoms with Gasteiger partial charge >= 0.3 is 11.9 Å². The summed E-state index contributed by atoms with van der Waals surface area (Å²) < 4.78 is 5.78. The fourth-order valence-corrected chi connectivity index (χ4v) is 4.55. The molecule has 0 spiro atoms. The van der Waals surface area contributed by atoms with Crippen LogP contribution >= 0.6 is 0 Å². The van der Waals surface area contributed by atoms with E-state index in [2.05, 4.69) is 13.2 Å². The highest BCUT2D eigenvalue weighted by Crippen LogP contribution is 2.53. The summed E-state index contributed by atoms with van der Waals surface area (Å²) in [6, 6.07) is 17.2. The van der Waals surface area contributed by atoms with Crippen molar-refractivity contribution in [1.29, 1.82) is 0 Å². The fraction of sp³-hybridized carbons (Fsp3) is 0.214. The third-order valence-corrected chi connectivity index (χ3v) is 5.98. The molecule has 1 aliphatic rings. The van der Waals surface area contributed by atoms with Gasteiger partial charge in [-0.25, -0.2) is 0 Å². The Morgan fingerprint density at radius 1 is 0.969 bits per heavy atom. The third-order valence-electron chi connectivity index (χ3n) is 5.98. The van der Waals surface area contributed by atoms with Gasteiger partial charge in [0.1, 0.15) is 5.75 Å². The first-order chi connectivity index (χ1) is 15.4. The van der Waals surface area contributed by atoms with Crippen LogP contribution in [-0.2, 0) is 9.59 Å². The van der Waals surface area contributed by atoms with Crippen molar-refractivity contribution in [3.05, 3.63) is 103 Å². The highest BCUT2D eigenvalue weighted by molar-refractivity contribution is 5.84. The molecule has 0 amide bonds. The third kappa shape index (κ3) is 4.65. The number of ether oxygens (including phenoxy) is 1. The molecule has 32 heavy (non-hydrogen) atoms. The summed E-state index contributed by atoms with van der Waals surface area (Å²) in [5, 5.41) is 9.89. The zero-order valence-corrected chi connectivity index (χ0v) is 18.4.